The van der Waals surface area contributed by atoms with Crippen LogP contribution in [-0.4, -0.2) is 49.6 Å². The number of amides is 1. The van der Waals surface area contributed by atoms with Gasteiger partial charge in [-0.25, -0.2) is 0 Å². The van der Waals surface area contributed by atoms with Crippen LogP contribution in [0.2, 0.25) is 0 Å². The lowest BCUT2D eigenvalue weighted by atomic mass is 10.0. The van der Waals surface area contributed by atoms with Crippen molar-refractivity contribution in [1.82, 2.24) is 10.2 Å². The van der Waals surface area contributed by atoms with E-state index in [4.69, 9.17) is 0 Å². The fourth-order valence-corrected chi connectivity index (χ4v) is 4.75. The summed E-state index contributed by atoms with van der Waals surface area (Å²) in [5, 5.41) is 3.20. The van der Waals surface area contributed by atoms with Gasteiger partial charge >= 0.3 is 0 Å². The van der Waals surface area contributed by atoms with E-state index in [0.29, 0.717) is 6.42 Å². The number of hydrogen-bond acceptors (Lipinski definition) is 3. The predicted molar refractivity (Wildman–Crippen MR) is 124 cm³/mol. The summed E-state index contributed by atoms with van der Waals surface area (Å²) < 4.78 is 0. The van der Waals surface area contributed by atoms with Crippen LogP contribution in [0, 0.1) is 6.92 Å². The van der Waals surface area contributed by atoms with E-state index < -0.39 is 0 Å². The van der Waals surface area contributed by atoms with E-state index in [-0.39, 0.29) is 11.9 Å². The average molecular weight is 406 g/mol. The normalized spacial score (nSPS) is 17.6. The Kier molecular flexibility index (Phi) is 6.73. The molecular formula is C26H35N3O. The van der Waals surface area contributed by atoms with Gasteiger partial charge in [0, 0.05) is 44.5 Å². The van der Waals surface area contributed by atoms with Gasteiger partial charge in [0.1, 0.15) is 0 Å². The maximum atomic E-state index is 12.5. The molecular weight excluding hydrogens is 370 g/mol. The van der Waals surface area contributed by atoms with Crippen molar-refractivity contribution in [1.29, 1.82) is 0 Å². The lowest BCUT2D eigenvalue weighted by Crippen LogP contribution is -2.47. The molecule has 1 fully saturated rings. The molecule has 2 aliphatic rings. The summed E-state index contributed by atoms with van der Waals surface area (Å²) in [6.07, 6.45) is 5.10. The minimum atomic E-state index is 0.143. The zero-order chi connectivity index (χ0) is 20.9. The Morgan fingerprint density at radius 2 is 1.83 bits per heavy atom. The van der Waals surface area contributed by atoms with Gasteiger partial charge in [-0.2, -0.15) is 0 Å². The van der Waals surface area contributed by atoms with Crippen LogP contribution < -0.4 is 10.2 Å². The van der Waals surface area contributed by atoms with Gasteiger partial charge in [0.05, 0.1) is 6.42 Å². The van der Waals surface area contributed by atoms with Crippen LogP contribution in [0.4, 0.5) is 5.69 Å². The predicted octanol–water partition coefficient (Wildman–Crippen LogP) is 3.74. The summed E-state index contributed by atoms with van der Waals surface area (Å²) in [5.41, 5.74) is 6.71. The van der Waals surface area contributed by atoms with Crippen molar-refractivity contribution in [3.8, 4) is 0 Å². The summed E-state index contributed by atoms with van der Waals surface area (Å²) in [7, 11) is 0. The van der Waals surface area contributed by atoms with Crippen molar-refractivity contribution in [2.45, 2.75) is 52.0 Å². The van der Waals surface area contributed by atoms with Crippen molar-refractivity contribution in [3.63, 3.8) is 0 Å². The van der Waals surface area contributed by atoms with Crippen LogP contribution in [-0.2, 0) is 24.1 Å². The van der Waals surface area contributed by atoms with Crippen molar-refractivity contribution < 1.29 is 4.79 Å². The minimum absolute atomic E-state index is 0.143. The summed E-state index contributed by atoms with van der Waals surface area (Å²) in [6, 6.07) is 15.6. The molecule has 0 aromatic heterocycles. The quantitative estimate of drug-likeness (QED) is 0.762. The first-order valence-electron chi connectivity index (χ1n) is 11.5. The number of nitrogens with zero attached hydrogens (tertiary/aromatic N) is 2. The smallest absolute Gasteiger partial charge is 0.224 e. The molecule has 1 unspecified atom stereocenters. The van der Waals surface area contributed by atoms with E-state index in [9.17, 15) is 4.79 Å². The third-order valence-corrected chi connectivity index (χ3v) is 6.55. The van der Waals surface area contributed by atoms with E-state index in [1.165, 1.54) is 41.6 Å². The van der Waals surface area contributed by atoms with E-state index >= 15 is 0 Å². The van der Waals surface area contributed by atoms with Gasteiger partial charge in [-0.1, -0.05) is 30.3 Å². The largest absolute Gasteiger partial charge is 0.369 e. The molecule has 1 N–H and O–H groups in total. The fraction of sp³-hybridized carbons (Fsp3) is 0.500. The van der Waals surface area contributed by atoms with Crippen LogP contribution in [0.3, 0.4) is 0 Å². The molecule has 0 bridgehead atoms. The van der Waals surface area contributed by atoms with Crippen molar-refractivity contribution in [3.05, 3.63) is 64.7 Å². The number of rotatable bonds is 7. The first-order chi connectivity index (χ1) is 14.6. The molecule has 0 radical (unpaired) electrons. The zero-order valence-electron chi connectivity index (χ0n) is 18.5. The maximum Gasteiger partial charge on any atom is 0.224 e. The van der Waals surface area contributed by atoms with Gasteiger partial charge in [0.25, 0.3) is 0 Å². The van der Waals surface area contributed by atoms with E-state index in [2.05, 4.69) is 71.4 Å². The molecule has 2 aromatic rings. The Morgan fingerprint density at radius 1 is 1.03 bits per heavy atom. The Bertz CT molecular complexity index is 870. The SMILES string of the molecule is Cc1cccc(N2CCN(CCC(C)NC(=O)Cc3ccc4c(c3)CCC4)CC2)c1. The number of benzene rings is 2. The van der Waals surface area contributed by atoms with Gasteiger partial charge in [-0.15, -0.1) is 0 Å². The minimum Gasteiger partial charge on any atom is -0.369 e. The monoisotopic (exact) mass is 405 g/mol. The number of fused-ring (bicyclic) bond motifs is 1. The maximum absolute atomic E-state index is 12.5. The summed E-state index contributed by atoms with van der Waals surface area (Å²) in [6.45, 7) is 9.64. The number of anilines is 1. The third kappa shape index (κ3) is 5.42. The summed E-state index contributed by atoms with van der Waals surface area (Å²) in [4.78, 5) is 17.5. The Labute approximate surface area is 181 Å². The third-order valence-electron chi connectivity index (χ3n) is 6.55. The fourth-order valence-electron chi connectivity index (χ4n) is 4.75. The number of hydrogen-bond donors (Lipinski definition) is 1. The first-order valence-corrected chi connectivity index (χ1v) is 11.5. The van der Waals surface area contributed by atoms with Gasteiger partial charge in [0.2, 0.25) is 5.91 Å². The molecule has 2 aromatic carbocycles. The van der Waals surface area contributed by atoms with Gasteiger partial charge in [-0.05, 0) is 73.9 Å². The second-order valence-corrected chi connectivity index (χ2v) is 9.06. The molecule has 0 spiro atoms. The average Bonchev–Trinajstić information content (AvgIpc) is 3.20. The van der Waals surface area contributed by atoms with Crippen molar-refractivity contribution >= 4 is 11.6 Å². The molecule has 4 nitrogen and oxygen atoms in total. The highest BCUT2D eigenvalue weighted by Gasteiger charge is 2.18. The van der Waals surface area contributed by atoms with Gasteiger partial charge in [0.15, 0.2) is 0 Å². The highest BCUT2D eigenvalue weighted by atomic mass is 16.1. The number of carbonyl (C=O) groups is 1. The topological polar surface area (TPSA) is 35.6 Å². The summed E-state index contributed by atoms with van der Waals surface area (Å²) in [5.74, 6) is 0.143. The van der Waals surface area contributed by atoms with E-state index in [1.54, 1.807) is 0 Å². The second-order valence-electron chi connectivity index (χ2n) is 9.06. The lowest BCUT2D eigenvalue weighted by molar-refractivity contribution is -0.121. The summed E-state index contributed by atoms with van der Waals surface area (Å²) >= 11 is 0. The van der Waals surface area contributed by atoms with Crippen molar-refractivity contribution in [2.75, 3.05) is 37.6 Å². The van der Waals surface area contributed by atoms with Crippen LogP contribution in [0.15, 0.2) is 42.5 Å². The molecule has 1 amide bonds. The number of nitrogens with one attached hydrogen (secondary N) is 1. The lowest BCUT2D eigenvalue weighted by Gasteiger charge is -2.36. The number of piperazine rings is 1. The Balaban J connectivity index is 1.17. The highest BCUT2D eigenvalue weighted by Crippen LogP contribution is 2.23. The molecule has 4 heteroatoms. The van der Waals surface area contributed by atoms with Crippen molar-refractivity contribution in [2.24, 2.45) is 0 Å². The van der Waals surface area contributed by atoms with E-state index in [1.807, 2.05) is 0 Å². The van der Waals surface area contributed by atoms with Gasteiger partial charge < -0.3 is 10.2 Å². The molecule has 4 rings (SSSR count). The van der Waals surface area contributed by atoms with Crippen LogP contribution in [0.25, 0.3) is 0 Å². The van der Waals surface area contributed by atoms with Crippen LogP contribution >= 0.6 is 0 Å². The first kappa shape index (κ1) is 20.9. The molecule has 0 saturated carbocycles. The molecule has 1 saturated heterocycles. The highest BCUT2D eigenvalue weighted by molar-refractivity contribution is 5.78. The second kappa shape index (κ2) is 9.65. The van der Waals surface area contributed by atoms with Crippen LogP contribution in [0.5, 0.6) is 0 Å². The Morgan fingerprint density at radius 3 is 2.63 bits per heavy atom. The molecule has 160 valence electrons. The van der Waals surface area contributed by atoms with E-state index in [0.717, 1.165) is 44.7 Å². The zero-order valence-corrected chi connectivity index (χ0v) is 18.5. The molecule has 1 aliphatic heterocycles. The molecule has 1 aliphatic carbocycles. The molecule has 1 atom stereocenters. The standard InChI is InChI=1S/C26H35N3O/c1-20-5-3-8-25(17-20)29-15-13-28(14-16-29)12-11-21(2)27-26(30)19-22-9-10-23-6-4-7-24(23)18-22/h3,5,8-10,17-18,21H,4,6-7,11-16,19H2,1-2H3,(H,27,30). The van der Waals surface area contributed by atoms with Crippen LogP contribution in [0.1, 0.15) is 42.0 Å². The molecule has 30 heavy (non-hydrogen) atoms. The Hall–Kier alpha value is -2.33. The number of carbonyl (C=O) groups excluding carboxylic acids is 1. The van der Waals surface area contributed by atoms with Gasteiger partial charge in [-0.3, -0.25) is 9.69 Å². The number of aryl methyl sites for hydroxylation is 3. The molecule has 1 heterocycles.